The number of thiophene rings is 1. The Balaban J connectivity index is 1.76. The van der Waals surface area contributed by atoms with Crippen molar-refractivity contribution < 1.29 is 4.79 Å². The molecule has 3 aromatic rings. The number of nitrogens with zero attached hydrogens (tertiary/aromatic N) is 2. The van der Waals surface area contributed by atoms with E-state index in [1.807, 2.05) is 0 Å². The lowest BCUT2D eigenvalue weighted by atomic mass is 9.97. The topological polar surface area (TPSA) is 113 Å². The Morgan fingerprint density at radius 1 is 1.26 bits per heavy atom. The molecule has 1 aliphatic rings. The van der Waals surface area contributed by atoms with Crippen LogP contribution in [-0.2, 0) is 12.8 Å². The minimum atomic E-state index is -0.587. The molecular formula is C14H13N5O3S. The molecule has 3 heterocycles. The van der Waals surface area contributed by atoms with Crippen LogP contribution in [0.5, 0.6) is 0 Å². The molecule has 0 aliphatic heterocycles. The van der Waals surface area contributed by atoms with Gasteiger partial charge in [0, 0.05) is 10.9 Å². The fourth-order valence-electron chi connectivity index (χ4n) is 2.85. The molecule has 0 unspecified atom stereocenters. The van der Waals surface area contributed by atoms with Gasteiger partial charge in [-0.1, -0.05) is 0 Å². The van der Waals surface area contributed by atoms with Crippen LogP contribution in [0.4, 0.5) is 0 Å². The summed E-state index contributed by atoms with van der Waals surface area (Å²) in [6.07, 6.45) is 5.34. The van der Waals surface area contributed by atoms with Crippen LogP contribution in [0.1, 0.15) is 33.8 Å². The molecule has 0 fully saturated rings. The van der Waals surface area contributed by atoms with Crippen LogP contribution in [0.3, 0.4) is 0 Å². The van der Waals surface area contributed by atoms with Gasteiger partial charge >= 0.3 is 0 Å². The second-order valence-corrected chi connectivity index (χ2v) is 6.51. The third kappa shape index (κ3) is 2.29. The smallest absolute Gasteiger partial charge is 0.288 e. The van der Waals surface area contributed by atoms with E-state index in [2.05, 4.69) is 20.6 Å². The van der Waals surface area contributed by atoms with Crippen molar-refractivity contribution in [3.8, 4) is 0 Å². The van der Waals surface area contributed by atoms with Gasteiger partial charge in [-0.25, -0.2) is 9.66 Å². The van der Waals surface area contributed by atoms with Gasteiger partial charge in [0.1, 0.15) is 16.9 Å². The molecule has 3 aromatic heterocycles. The van der Waals surface area contributed by atoms with Gasteiger partial charge < -0.3 is 0 Å². The third-order valence-electron chi connectivity index (χ3n) is 3.94. The van der Waals surface area contributed by atoms with E-state index in [1.54, 1.807) is 11.3 Å². The molecule has 1 aliphatic carbocycles. The van der Waals surface area contributed by atoms with E-state index in [1.165, 1.54) is 11.2 Å². The highest BCUT2D eigenvalue weighted by molar-refractivity contribution is 7.18. The molecule has 0 atom stereocenters. The lowest BCUT2D eigenvalue weighted by molar-refractivity contribution is 0.100. The van der Waals surface area contributed by atoms with E-state index >= 15 is 0 Å². The molecule has 0 radical (unpaired) electrons. The zero-order chi connectivity index (χ0) is 16.0. The summed E-state index contributed by atoms with van der Waals surface area (Å²) in [7, 11) is 0. The van der Waals surface area contributed by atoms with Gasteiger partial charge in [-0.3, -0.25) is 30.0 Å². The van der Waals surface area contributed by atoms with Gasteiger partial charge in [0.2, 0.25) is 0 Å². The highest BCUT2D eigenvalue weighted by Crippen LogP contribution is 2.33. The third-order valence-corrected chi connectivity index (χ3v) is 5.14. The average Bonchev–Trinajstić information content (AvgIpc) is 3.13. The van der Waals surface area contributed by atoms with Gasteiger partial charge in [0.25, 0.3) is 17.0 Å². The number of carbonyl (C=O) groups excluding carboxylic acids is 1. The van der Waals surface area contributed by atoms with Crippen LogP contribution < -0.4 is 16.5 Å². The first-order valence-corrected chi connectivity index (χ1v) is 8.06. The van der Waals surface area contributed by atoms with Gasteiger partial charge in [-0.05, 0) is 31.2 Å². The van der Waals surface area contributed by atoms with Gasteiger partial charge in [-0.15, -0.1) is 11.3 Å². The first-order chi connectivity index (χ1) is 11.1. The minimum Gasteiger partial charge on any atom is -0.293 e. The van der Waals surface area contributed by atoms with E-state index in [9.17, 15) is 14.4 Å². The van der Waals surface area contributed by atoms with E-state index < -0.39 is 11.5 Å². The van der Waals surface area contributed by atoms with Crippen molar-refractivity contribution in [1.82, 2.24) is 19.9 Å². The zero-order valence-electron chi connectivity index (χ0n) is 12.0. The van der Waals surface area contributed by atoms with Crippen LogP contribution in [0.25, 0.3) is 10.2 Å². The maximum atomic E-state index is 12.7. The van der Waals surface area contributed by atoms with Crippen molar-refractivity contribution >= 4 is 27.5 Å². The monoisotopic (exact) mass is 331 g/mol. The van der Waals surface area contributed by atoms with Gasteiger partial charge in [0.05, 0.1) is 5.39 Å². The molecule has 0 aromatic carbocycles. The number of hydrogen-bond donors (Lipinski definition) is 3. The number of fused-ring (bicyclic) bond motifs is 3. The maximum absolute atomic E-state index is 12.7. The minimum absolute atomic E-state index is 0.0503. The van der Waals surface area contributed by atoms with Crippen molar-refractivity contribution in [2.45, 2.75) is 25.7 Å². The quantitative estimate of drug-likeness (QED) is 0.642. The summed E-state index contributed by atoms with van der Waals surface area (Å²) in [5.41, 5.74) is 2.85. The van der Waals surface area contributed by atoms with Crippen LogP contribution in [0, 0.1) is 0 Å². The average molecular weight is 331 g/mol. The summed E-state index contributed by atoms with van der Waals surface area (Å²) in [5.74, 6) is -0.587. The maximum Gasteiger partial charge on any atom is 0.288 e. The molecule has 0 saturated carbocycles. The fraction of sp³-hybridized carbons (Fsp3) is 0.286. The molecule has 9 heteroatoms. The predicted molar refractivity (Wildman–Crippen MR) is 85.6 cm³/mol. The summed E-state index contributed by atoms with van der Waals surface area (Å²) in [6, 6.07) is 1.12. The highest BCUT2D eigenvalue weighted by Gasteiger charge is 2.20. The van der Waals surface area contributed by atoms with Crippen molar-refractivity contribution in [3.63, 3.8) is 0 Å². The van der Waals surface area contributed by atoms with Crippen molar-refractivity contribution in [1.29, 1.82) is 0 Å². The Morgan fingerprint density at radius 2 is 2.09 bits per heavy atom. The number of aromatic nitrogens is 4. The van der Waals surface area contributed by atoms with Gasteiger partial charge in [0.15, 0.2) is 0 Å². The van der Waals surface area contributed by atoms with Crippen molar-refractivity contribution in [2.24, 2.45) is 0 Å². The van der Waals surface area contributed by atoms with Gasteiger partial charge in [-0.2, -0.15) is 0 Å². The number of rotatable bonds is 2. The Hall–Kier alpha value is -2.68. The molecule has 3 N–H and O–H groups in total. The van der Waals surface area contributed by atoms with Crippen molar-refractivity contribution in [2.75, 3.05) is 5.43 Å². The SMILES string of the molecule is O=C(Nn1cnc2sc3c(c2c1=O)CCCC3)c1cc(=O)[nH][nH]1. The molecule has 1 amide bonds. The number of aromatic amines is 2. The number of aryl methyl sites for hydroxylation is 2. The highest BCUT2D eigenvalue weighted by atomic mass is 32.1. The van der Waals surface area contributed by atoms with Crippen LogP contribution in [-0.4, -0.2) is 25.8 Å². The first kappa shape index (κ1) is 13.9. The molecule has 0 bridgehead atoms. The molecule has 0 spiro atoms. The van der Waals surface area contributed by atoms with E-state index in [0.717, 1.165) is 42.0 Å². The standard InChI is InChI=1S/C14H13N5O3S/c20-10-5-8(16-17-10)12(21)18-19-6-15-13-11(14(19)22)7-3-1-2-4-9(7)23-13/h5-6H,1-4H2,(H,18,21)(H2,16,17,20). The van der Waals surface area contributed by atoms with E-state index in [-0.39, 0.29) is 11.3 Å². The number of carbonyl (C=O) groups is 1. The van der Waals surface area contributed by atoms with Crippen molar-refractivity contribution in [3.05, 3.63) is 49.2 Å². The molecule has 0 saturated heterocycles. The van der Waals surface area contributed by atoms with E-state index in [4.69, 9.17) is 0 Å². The van der Waals surface area contributed by atoms with Crippen LogP contribution in [0.2, 0.25) is 0 Å². The van der Waals surface area contributed by atoms with E-state index in [0.29, 0.717) is 10.2 Å². The first-order valence-electron chi connectivity index (χ1n) is 7.24. The Bertz CT molecular complexity index is 1030. The Morgan fingerprint density at radius 3 is 2.87 bits per heavy atom. The van der Waals surface area contributed by atoms with Crippen LogP contribution >= 0.6 is 11.3 Å². The largest absolute Gasteiger partial charge is 0.293 e. The molecule has 8 nitrogen and oxygen atoms in total. The Labute approximate surface area is 133 Å². The summed E-state index contributed by atoms with van der Waals surface area (Å²) in [6.45, 7) is 0. The molecule has 23 heavy (non-hydrogen) atoms. The normalized spacial score (nSPS) is 13.9. The second kappa shape index (κ2) is 5.20. The fourth-order valence-corrected chi connectivity index (χ4v) is 4.07. The number of nitrogens with one attached hydrogen (secondary N) is 3. The zero-order valence-corrected chi connectivity index (χ0v) is 12.8. The number of amides is 1. The lowest BCUT2D eigenvalue weighted by Gasteiger charge is -2.10. The summed E-state index contributed by atoms with van der Waals surface area (Å²) in [5, 5.41) is 5.31. The lowest BCUT2D eigenvalue weighted by Crippen LogP contribution is -2.33. The van der Waals surface area contributed by atoms with Crippen LogP contribution in [0.15, 0.2) is 22.0 Å². The molecular weight excluding hydrogens is 318 g/mol. The summed E-state index contributed by atoms with van der Waals surface area (Å²) < 4.78 is 1.07. The molecule has 4 rings (SSSR count). The number of H-pyrrole nitrogens is 2. The molecule has 118 valence electrons. The Kier molecular flexibility index (Phi) is 3.15. The number of hydrogen-bond acceptors (Lipinski definition) is 5. The summed E-state index contributed by atoms with van der Waals surface area (Å²) >= 11 is 1.55. The predicted octanol–water partition coefficient (Wildman–Crippen LogP) is 0.737. The summed E-state index contributed by atoms with van der Waals surface area (Å²) in [4.78, 5) is 42.0. The second-order valence-electron chi connectivity index (χ2n) is 5.42.